The van der Waals surface area contributed by atoms with Crippen molar-refractivity contribution < 1.29 is 28.8 Å². The predicted octanol–water partition coefficient (Wildman–Crippen LogP) is 4.18. The molecule has 0 unspecified atom stereocenters. The Kier molecular flexibility index (Phi) is 6.54. The van der Waals surface area contributed by atoms with E-state index in [1.807, 2.05) is 0 Å². The highest BCUT2D eigenvalue weighted by molar-refractivity contribution is 6.30. The number of ether oxygens (including phenoxy) is 1. The third-order valence-electron chi connectivity index (χ3n) is 5.70. The SMILES string of the molecule is COc1ccc(C(=O)[C@@H](C)N(C(=O)c2ccc(Cl)cc2)N2C(=O)c3cccc([N+](=O)[O-])c3C2=O)cc1. The molecule has 3 amide bonds. The summed E-state index contributed by atoms with van der Waals surface area (Å²) in [5.41, 5.74) is -1.04. The number of halogens is 1. The summed E-state index contributed by atoms with van der Waals surface area (Å²) in [6, 6.07) is 14.0. The number of hydrogen-bond donors (Lipinski definition) is 0. The van der Waals surface area contributed by atoms with Gasteiger partial charge in [-0.2, -0.15) is 5.01 Å². The fourth-order valence-electron chi connectivity index (χ4n) is 3.88. The van der Waals surface area contributed by atoms with E-state index < -0.39 is 45.7 Å². The van der Waals surface area contributed by atoms with E-state index in [9.17, 15) is 29.3 Å². The van der Waals surface area contributed by atoms with Gasteiger partial charge in [-0.05, 0) is 61.5 Å². The summed E-state index contributed by atoms with van der Waals surface area (Å²) in [4.78, 5) is 64.4. The summed E-state index contributed by atoms with van der Waals surface area (Å²) in [7, 11) is 1.47. The first kappa shape index (κ1) is 24.6. The van der Waals surface area contributed by atoms with Gasteiger partial charge in [-0.25, -0.2) is 5.01 Å². The monoisotopic (exact) mass is 507 g/mol. The molecule has 0 fully saturated rings. The molecule has 1 heterocycles. The van der Waals surface area contributed by atoms with E-state index >= 15 is 0 Å². The van der Waals surface area contributed by atoms with Crippen LogP contribution in [0.3, 0.4) is 0 Å². The largest absolute Gasteiger partial charge is 0.497 e. The number of hydrogen-bond acceptors (Lipinski definition) is 7. The molecule has 0 saturated heterocycles. The molecular formula is C25H18ClN3O7. The molecule has 36 heavy (non-hydrogen) atoms. The molecule has 182 valence electrons. The van der Waals surface area contributed by atoms with Crippen LogP contribution in [0.15, 0.2) is 66.7 Å². The van der Waals surface area contributed by atoms with Crippen LogP contribution in [0.5, 0.6) is 5.75 Å². The average molecular weight is 508 g/mol. The molecule has 1 atom stereocenters. The first-order valence-corrected chi connectivity index (χ1v) is 11.0. The van der Waals surface area contributed by atoms with Gasteiger partial charge in [0.15, 0.2) is 5.78 Å². The summed E-state index contributed by atoms with van der Waals surface area (Å²) in [6.07, 6.45) is 0. The molecule has 1 aliphatic rings. The van der Waals surface area contributed by atoms with E-state index in [1.54, 1.807) is 12.1 Å². The number of nitrogens with zero attached hydrogens (tertiary/aromatic N) is 3. The van der Waals surface area contributed by atoms with Crippen molar-refractivity contribution >= 4 is 40.8 Å². The first-order valence-electron chi connectivity index (χ1n) is 10.6. The van der Waals surface area contributed by atoms with Crippen molar-refractivity contribution in [3.63, 3.8) is 0 Å². The topological polar surface area (TPSA) is 127 Å². The van der Waals surface area contributed by atoms with Crippen molar-refractivity contribution in [1.82, 2.24) is 10.0 Å². The molecule has 10 nitrogen and oxygen atoms in total. The Morgan fingerprint density at radius 2 is 1.58 bits per heavy atom. The van der Waals surface area contributed by atoms with E-state index in [-0.39, 0.29) is 16.7 Å². The molecule has 0 saturated carbocycles. The van der Waals surface area contributed by atoms with Crippen LogP contribution >= 0.6 is 11.6 Å². The van der Waals surface area contributed by atoms with E-state index in [2.05, 4.69) is 0 Å². The summed E-state index contributed by atoms with van der Waals surface area (Å²) in [6.45, 7) is 1.36. The Bertz CT molecular complexity index is 1400. The molecule has 4 rings (SSSR count). The van der Waals surface area contributed by atoms with Crippen LogP contribution in [0.2, 0.25) is 5.02 Å². The van der Waals surface area contributed by atoms with Crippen LogP contribution < -0.4 is 4.74 Å². The zero-order valence-corrected chi connectivity index (χ0v) is 19.8. The lowest BCUT2D eigenvalue weighted by molar-refractivity contribution is -0.385. The lowest BCUT2D eigenvalue weighted by Crippen LogP contribution is -2.56. The first-order chi connectivity index (χ1) is 17.1. The van der Waals surface area contributed by atoms with Gasteiger partial charge >= 0.3 is 0 Å². The van der Waals surface area contributed by atoms with Gasteiger partial charge in [-0.1, -0.05) is 17.7 Å². The Hall–Kier alpha value is -4.57. The Morgan fingerprint density at radius 1 is 0.972 bits per heavy atom. The van der Waals surface area contributed by atoms with Crippen LogP contribution in [0.1, 0.15) is 48.4 Å². The molecule has 0 N–H and O–H groups in total. The number of ketones is 1. The maximum absolute atomic E-state index is 13.6. The van der Waals surface area contributed by atoms with Gasteiger partial charge in [-0.3, -0.25) is 29.3 Å². The molecule has 11 heteroatoms. The minimum Gasteiger partial charge on any atom is -0.497 e. The average Bonchev–Trinajstić information content (AvgIpc) is 3.14. The third-order valence-corrected chi connectivity index (χ3v) is 5.96. The molecule has 3 aromatic carbocycles. The van der Waals surface area contributed by atoms with Crippen LogP contribution in [-0.4, -0.2) is 51.6 Å². The number of methoxy groups -OCH3 is 1. The van der Waals surface area contributed by atoms with Crippen molar-refractivity contribution in [2.75, 3.05) is 7.11 Å². The lowest BCUT2D eigenvalue weighted by Gasteiger charge is -2.34. The van der Waals surface area contributed by atoms with E-state index in [0.29, 0.717) is 15.8 Å². The van der Waals surface area contributed by atoms with Crippen molar-refractivity contribution in [3.05, 3.63) is 104 Å². The van der Waals surface area contributed by atoms with Crippen LogP contribution in [0, 0.1) is 10.1 Å². The summed E-state index contributed by atoms with van der Waals surface area (Å²) < 4.78 is 5.10. The molecular weight excluding hydrogens is 490 g/mol. The lowest BCUT2D eigenvalue weighted by atomic mass is 10.0. The second-order valence-electron chi connectivity index (χ2n) is 7.80. The number of Topliss-reactive ketones (excluding diaryl/α,β-unsaturated/α-hetero) is 1. The smallest absolute Gasteiger partial charge is 0.287 e. The van der Waals surface area contributed by atoms with Gasteiger partial charge in [-0.15, -0.1) is 0 Å². The molecule has 0 spiro atoms. The quantitative estimate of drug-likeness (QED) is 0.203. The van der Waals surface area contributed by atoms with Gasteiger partial charge in [0.05, 0.1) is 17.6 Å². The number of imide groups is 1. The summed E-state index contributed by atoms with van der Waals surface area (Å²) >= 11 is 5.92. The van der Waals surface area contributed by atoms with Gasteiger partial charge in [0.1, 0.15) is 17.4 Å². The molecule has 3 aromatic rings. The van der Waals surface area contributed by atoms with Crippen molar-refractivity contribution in [2.45, 2.75) is 13.0 Å². The van der Waals surface area contributed by atoms with Crippen LogP contribution in [0.4, 0.5) is 5.69 Å². The Labute approximate surface area is 209 Å². The highest BCUT2D eigenvalue weighted by Crippen LogP contribution is 2.33. The third kappa shape index (κ3) is 4.18. The number of nitro groups is 1. The van der Waals surface area contributed by atoms with E-state index in [0.717, 1.165) is 11.1 Å². The normalized spacial score (nSPS) is 13.2. The molecule has 0 aliphatic carbocycles. The van der Waals surface area contributed by atoms with E-state index in [4.69, 9.17) is 16.3 Å². The maximum Gasteiger partial charge on any atom is 0.287 e. The van der Waals surface area contributed by atoms with Crippen molar-refractivity contribution in [1.29, 1.82) is 0 Å². The van der Waals surface area contributed by atoms with Gasteiger partial charge < -0.3 is 4.74 Å². The van der Waals surface area contributed by atoms with Crippen LogP contribution in [-0.2, 0) is 0 Å². The number of carbonyl (C=O) groups excluding carboxylic acids is 4. The highest BCUT2D eigenvalue weighted by atomic mass is 35.5. The number of hydrazine groups is 1. The van der Waals surface area contributed by atoms with Gasteiger partial charge in [0.2, 0.25) is 0 Å². The number of amides is 3. The highest BCUT2D eigenvalue weighted by Gasteiger charge is 2.48. The van der Waals surface area contributed by atoms with Crippen molar-refractivity contribution in [2.24, 2.45) is 0 Å². The molecule has 0 radical (unpaired) electrons. The second-order valence-corrected chi connectivity index (χ2v) is 8.24. The van der Waals surface area contributed by atoms with Crippen molar-refractivity contribution in [3.8, 4) is 5.75 Å². The molecule has 0 bridgehead atoms. The fourth-order valence-corrected chi connectivity index (χ4v) is 4.00. The molecule has 1 aliphatic heterocycles. The predicted molar refractivity (Wildman–Crippen MR) is 128 cm³/mol. The maximum atomic E-state index is 13.6. The molecule has 0 aromatic heterocycles. The number of carbonyl (C=O) groups is 4. The summed E-state index contributed by atoms with van der Waals surface area (Å²) in [5.74, 6) is -2.97. The van der Waals surface area contributed by atoms with E-state index in [1.165, 1.54) is 62.6 Å². The Morgan fingerprint density at radius 3 is 2.17 bits per heavy atom. The Balaban J connectivity index is 1.81. The van der Waals surface area contributed by atoms with Crippen LogP contribution in [0.25, 0.3) is 0 Å². The van der Waals surface area contributed by atoms with Gasteiger partial charge in [0, 0.05) is 22.2 Å². The minimum atomic E-state index is -1.34. The standard InChI is InChI=1S/C25H18ClN3O7/c1-14(22(30)15-8-12-18(36-2)13-9-15)27(23(31)16-6-10-17(26)11-7-16)28-24(32)19-4-3-5-20(29(34)35)21(19)25(28)33/h3-14H,1-2H3/t14-/m1/s1. The fraction of sp³-hybridized carbons (Fsp3) is 0.120. The number of benzene rings is 3. The number of nitro benzene ring substituents is 1. The second kappa shape index (κ2) is 9.59. The minimum absolute atomic E-state index is 0.0415. The summed E-state index contributed by atoms with van der Waals surface area (Å²) in [5, 5.41) is 13.1. The number of fused-ring (bicyclic) bond motifs is 1. The zero-order valence-electron chi connectivity index (χ0n) is 19.0. The number of rotatable bonds is 7. The van der Waals surface area contributed by atoms with Gasteiger partial charge in [0.25, 0.3) is 23.4 Å². The zero-order chi connectivity index (χ0) is 26.1.